The van der Waals surface area contributed by atoms with Crippen LogP contribution < -0.4 is 5.56 Å². The Morgan fingerprint density at radius 3 is 2.83 bits per heavy atom. The number of halogens is 1. The van der Waals surface area contributed by atoms with Gasteiger partial charge in [-0.1, -0.05) is 11.6 Å². The number of nitrogens with one attached hydrogen (secondary N) is 2. The first-order valence-corrected chi connectivity index (χ1v) is 3.93. The summed E-state index contributed by atoms with van der Waals surface area (Å²) in [6.07, 6.45) is 0. The van der Waals surface area contributed by atoms with Crippen LogP contribution >= 0.6 is 11.6 Å². The molecule has 0 aliphatic carbocycles. The summed E-state index contributed by atoms with van der Waals surface area (Å²) in [5.41, 5.74) is 1.53. The minimum atomic E-state index is -0.129. The van der Waals surface area contributed by atoms with Gasteiger partial charge >= 0.3 is 0 Å². The van der Waals surface area contributed by atoms with Crippen LogP contribution in [0.25, 0.3) is 10.9 Å². The fraction of sp³-hybridized carbons (Fsp3) is 0.125. The average molecular weight is 183 g/mol. The zero-order valence-electron chi connectivity index (χ0n) is 6.44. The molecule has 0 aliphatic rings. The standard InChI is InChI=1S/C8H7ClN2O/c1-4-2-5-7(6(9)3-4)10-11-8(5)12/h2-3H,1H3,(H2,10,11,12). The van der Waals surface area contributed by atoms with E-state index in [1.165, 1.54) is 0 Å². The summed E-state index contributed by atoms with van der Waals surface area (Å²) < 4.78 is 0. The van der Waals surface area contributed by atoms with Gasteiger partial charge < -0.3 is 0 Å². The van der Waals surface area contributed by atoms with Gasteiger partial charge in [-0.25, -0.2) is 0 Å². The lowest BCUT2D eigenvalue weighted by Crippen LogP contribution is -1.97. The van der Waals surface area contributed by atoms with E-state index in [2.05, 4.69) is 10.2 Å². The van der Waals surface area contributed by atoms with Crippen molar-refractivity contribution < 1.29 is 0 Å². The Morgan fingerprint density at radius 2 is 2.08 bits per heavy atom. The molecule has 3 nitrogen and oxygen atoms in total. The van der Waals surface area contributed by atoms with E-state index in [1.807, 2.05) is 13.0 Å². The molecule has 0 saturated heterocycles. The predicted molar refractivity (Wildman–Crippen MR) is 48.7 cm³/mol. The molecule has 0 bridgehead atoms. The van der Waals surface area contributed by atoms with Gasteiger partial charge in [-0.3, -0.25) is 15.0 Å². The van der Waals surface area contributed by atoms with E-state index in [9.17, 15) is 4.79 Å². The van der Waals surface area contributed by atoms with Gasteiger partial charge in [0.05, 0.1) is 15.9 Å². The smallest absolute Gasteiger partial charge is 0.271 e. The van der Waals surface area contributed by atoms with Gasteiger partial charge in [-0.05, 0) is 24.6 Å². The minimum absolute atomic E-state index is 0.129. The summed E-state index contributed by atoms with van der Waals surface area (Å²) >= 11 is 5.89. The second kappa shape index (κ2) is 2.38. The van der Waals surface area contributed by atoms with Gasteiger partial charge in [0.2, 0.25) is 0 Å². The fourth-order valence-electron chi connectivity index (χ4n) is 1.23. The van der Waals surface area contributed by atoms with Crippen LogP contribution in [0.5, 0.6) is 0 Å². The Kier molecular flexibility index (Phi) is 1.48. The zero-order valence-corrected chi connectivity index (χ0v) is 7.20. The lowest BCUT2D eigenvalue weighted by atomic mass is 10.2. The van der Waals surface area contributed by atoms with Crippen molar-refractivity contribution in [2.45, 2.75) is 6.92 Å². The molecule has 0 saturated carbocycles. The lowest BCUT2D eigenvalue weighted by molar-refractivity contribution is 1.08. The predicted octanol–water partition coefficient (Wildman–Crippen LogP) is 1.82. The molecule has 0 fully saturated rings. The molecule has 0 radical (unpaired) electrons. The molecular formula is C8H7ClN2O. The van der Waals surface area contributed by atoms with E-state index in [0.29, 0.717) is 15.9 Å². The maximum Gasteiger partial charge on any atom is 0.271 e. The average Bonchev–Trinajstić information content (AvgIpc) is 2.33. The van der Waals surface area contributed by atoms with Crippen LogP contribution in [0.2, 0.25) is 5.02 Å². The zero-order chi connectivity index (χ0) is 8.72. The van der Waals surface area contributed by atoms with Crippen molar-refractivity contribution in [1.29, 1.82) is 0 Å². The first kappa shape index (κ1) is 7.43. The molecule has 4 heteroatoms. The summed E-state index contributed by atoms with van der Waals surface area (Å²) in [5.74, 6) is 0. The Labute approximate surface area is 73.3 Å². The SMILES string of the molecule is Cc1cc(Cl)c2[nH][nH]c(=O)c2c1. The summed E-state index contributed by atoms with van der Waals surface area (Å²) in [4.78, 5) is 11.1. The molecule has 0 amide bonds. The highest BCUT2D eigenvalue weighted by molar-refractivity contribution is 6.35. The number of aryl methyl sites for hydroxylation is 1. The number of H-pyrrole nitrogens is 2. The van der Waals surface area contributed by atoms with Crippen molar-refractivity contribution in [3.05, 3.63) is 33.1 Å². The molecule has 1 aromatic heterocycles. The normalized spacial score (nSPS) is 10.8. The minimum Gasteiger partial charge on any atom is -0.296 e. The highest BCUT2D eigenvalue weighted by Gasteiger charge is 2.04. The van der Waals surface area contributed by atoms with E-state index in [4.69, 9.17) is 11.6 Å². The van der Waals surface area contributed by atoms with Gasteiger partial charge in [-0.2, -0.15) is 0 Å². The Hall–Kier alpha value is -1.22. The molecule has 2 aromatic rings. The van der Waals surface area contributed by atoms with Crippen molar-refractivity contribution in [2.24, 2.45) is 0 Å². The summed E-state index contributed by atoms with van der Waals surface area (Å²) in [6, 6.07) is 3.62. The molecule has 0 atom stereocenters. The molecule has 0 spiro atoms. The third-order valence-corrected chi connectivity index (χ3v) is 2.08. The third kappa shape index (κ3) is 0.940. The van der Waals surface area contributed by atoms with Gasteiger partial charge in [0.15, 0.2) is 0 Å². The van der Waals surface area contributed by atoms with Crippen molar-refractivity contribution in [1.82, 2.24) is 10.2 Å². The van der Waals surface area contributed by atoms with Crippen molar-refractivity contribution in [3.63, 3.8) is 0 Å². The van der Waals surface area contributed by atoms with Gasteiger partial charge in [0.1, 0.15) is 0 Å². The highest BCUT2D eigenvalue weighted by atomic mass is 35.5. The summed E-state index contributed by atoms with van der Waals surface area (Å²) in [7, 11) is 0. The molecule has 12 heavy (non-hydrogen) atoms. The maximum atomic E-state index is 11.1. The van der Waals surface area contributed by atoms with E-state index in [0.717, 1.165) is 5.56 Å². The number of fused-ring (bicyclic) bond motifs is 1. The van der Waals surface area contributed by atoms with Crippen molar-refractivity contribution in [2.75, 3.05) is 0 Å². The van der Waals surface area contributed by atoms with Crippen LogP contribution in [0.4, 0.5) is 0 Å². The highest BCUT2D eigenvalue weighted by Crippen LogP contribution is 2.20. The van der Waals surface area contributed by atoms with Crippen LogP contribution in [0.15, 0.2) is 16.9 Å². The van der Waals surface area contributed by atoms with E-state index >= 15 is 0 Å². The molecule has 1 heterocycles. The molecule has 0 aliphatic heterocycles. The Balaban J connectivity index is 3.02. The van der Waals surface area contributed by atoms with Crippen LogP contribution in [0.3, 0.4) is 0 Å². The van der Waals surface area contributed by atoms with E-state index in [-0.39, 0.29) is 5.56 Å². The maximum absolute atomic E-state index is 11.1. The number of rotatable bonds is 0. The topological polar surface area (TPSA) is 48.6 Å². The van der Waals surface area contributed by atoms with Crippen molar-refractivity contribution >= 4 is 22.5 Å². The number of benzene rings is 1. The Bertz CT molecular complexity index is 483. The molecule has 0 unspecified atom stereocenters. The third-order valence-electron chi connectivity index (χ3n) is 1.78. The number of aromatic amines is 2. The van der Waals surface area contributed by atoms with Crippen LogP contribution in [0.1, 0.15) is 5.56 Å². The monoisotopic (exact) mass is 182 g/mol. The van der Waals surface area contributed by atoms with Crippen LogP contribution in [0, 0.1) is 6.92 Å². The number of hydrogen-bond acceptors (Lipinski definition) is 1. The number of aromatic nitrogens is 2. The fourth-order valence-corrected chi connectivity index (χ4v) is 1.56. The first-order chi connectivity index (χ1) is 5.68. The van der Waals surface area contributed by atoms with Crippen molar-refractivity contribution in [3.8, 4) is 0 Å². The summed E-state index contributed by atoms with van der Waals surface area (Å²) in [6.45, 7) is 1.90. The van der Waals surface area contributed by atoms with Gasteiger partial charge in [0, 0.05) is 0 Å². The van der Waals surface area contributed by atoms with Crippen LogP contribution in [-0.4, -0.2) is 10.2 Å². The summed E-state index contributed by atoms with van der Waals surface area (Å²) in [5, 5.41) is 6.38. The Morgan fingerprint density at radius 1 is 1.33 bits per heavy atom. The van der Waals surface area contributed by atoms with E-state index in [1.54, 1.807) is 6.07 Å². The molecule has 2 N–H and O–H groups in total. The number of hydrogen-bond donors (Lipinski definition) is 2. The molecule has 1 aromatic carbocycles. The molecule has 2 rings (SSSR count). The largest absolute Gasteiger partial charge is 0.296 e. The second-order valence-electron chi connectivity index (χ2n) is 2.75. The van der Waals surface area contributed by atoms with Gasteiger partial charge in [0.25, 0.3) is 5.56 Å². The molecular weight excluding hydrogens is 176 g/mol. The first-order valence-electron chi connectivity index (χ1n) is 3.55. The second-order valence-corrected chi connectivity index (χ2v) is 3.16. The lowest BCUT2D eigenvalue weighted by Gasteiger charge is -1.94. The quantitative estimate of drug-likeness (QED) is 0.642. The van der Waals surface area contributed by atoms with Gasteiger partial charge in [-0.15, -0.1) is 0 Å². The van der Waals surface area contributed by atoms with E-state index < -0.39 is 0 Å². The molecule has 62 valence electrons. The van der Waals surface area contributed by atoms with Crippen LogP contribution in [-0.2, 0) is 0 Å².